The van der Waals surface area contributed by atoms with Crippen LogP contribution in [0.1, 0.15) is 59.8 Å². The van der Waals surface area contributed by atoms with Crippen molar-refractivity contribution in [2.24, 2.45) is 5.92 Å². The molecule has 0 aromatic heterocycles. The molecule has 3 saturated heterocycles. The SMILES string of the molecule is COC1C(OC(=O)N2CCC[C@H]2COC(=O)NC(=O)CN(C)CCNC(C)=O)CC[C@]2(CO2)C1C1(C)O[C@@H]1CC=C(C)C. The molecular weight excluding hydrogens is 560 g/mol. The molecule has 7 atom stereocenters. The number of allylic oxidation sites excluding steroid dienone is 1. The molecule has 0 radical (unpaired) electrons. The van der Waals surface area contributed by atoms with Gasteiger partial charge in [0.2, 0.25) is 11.8 Å². The number of methoxy groups -OCH3 is 1. The number of hydrogen-bond acceptors (Lipinski definition) is 10. The van der Waals surface area contributed by atoms with Gasteiger partial charge < -0.3 is 33.9 Å². The second kappa shape index (κ2) is 13.9. The smallest absolute Gasteiger partial charge is 0.413 e. The van der Waals surface area contributed by atoms with Crippen LogP contribution in [0, 0.1) is 5.92 Å². The summed E-state index contributed by atoms with van der Waals surface area (Å²) in [6.07, 6.45) is 3.64. The van der Waals surface area contributed by atoms with Gasteiger partial charge in [-0.2, -0.15) is 0 Å². The zero-order chi connectivity index (χ0) is 31.4. The van der Waals surface area contributed by atoms with Crippen molar-refractivity contribution in [1.82, 2.24) is 20.4 Å². The van der Waals surface area contributed by atoms with Crippen LogP contribution in [0.15, 0.2) is 11.6 Å². The van der Waals surface area contributed by atoms with E-state index < -0.39 is 29.8 Å². The Balaban J connectivity index is 1.27. The average Bonchev–Trinajstić information content (AvgIpc) is 3.78. The lowest BCUT2D eigenvalue weighted by Gasteiger charge is -2.43. The van der Waals surface area contributed by atoms with Gasteiger partial charge in [0.25, 0.3) is 0 Å². The number of carbonyl (C=O) groups excluding carboxylic acids is 4. The summed E-state index contributed by atoms with van der Waals surface area (Å²) in [5.74, 6) is -0.750. The maximum Gasteiger partial charge on any atom is 0.413 e. The summed E-state index contributed by atoms with van der Waals surface area (Å²) in [6.45, 7) is 9.55. The van der Waals surface area contributed by atoms with Gasteiger partial charge in [-0.25, -0.2) is 9.59 Å². The first-order valence-electron chi connectivity index (χ1n) is 15.2. The number of nitrogens with one attached hydrogen (secondary N) is 2. The Labute approximate surface area is 253 Å². The molecule has 13 heteroatoms. The van der Waals surface area contributed by atoms with Crippen LogP contribution >= 0.6 is 0 Å². The van der Waals surface area contributed by atoms with E-state index in [9.17, 15) is 19.2 Å². The maximum atomic E-state index is 13.4. The first kappa shape index (κ1) is 33.2. The molecular formula is C30H48N4O9. The highest BCUT2D eigenvalue weighted by Crippen LogP contribution is 2.59. The van der Waals surface area contributed by atoms with Gasteiger partial charge in [-0.05, 0) is 59.9 Å². The molecule has 4 rings (SSSR count). The fourth-order valence-electron chi connectivity index (χ4n) is 6.63. The molecule has 3 aliphatic heterocycles. The van der Waals surface area contributed by atoms with E-state index in [-0.39, 0.29) is 48.8 Å². The Morgan fingerprint density at radius 3 is 2.56 bits per heavy atom. The third-order valence-electron chi connectivity index (χ3n) is 9.03. The second-order valence-corrected chi connectivity index (χ2v) is 12.7. The van der Waals surface area contributed by atoms with E-state index in [0.717, 1.165) is 19.3 Å². The van der Waals surface area contributed by atoms with Gasteiger partial charge in [0.05, 0.1) is 31.2 Å². The van der Waals surface area contributed by atoms with Gasteiger partial charge in [0.1, 0.15) is 30.0 Å². The van der Waals surface area contributed by atoms with E-state index in [0.29, 0.717) is 39.1 Å². The van der Waals surface area contributed by atoms with E-state index in [4.69, 9.17) is 23.7 Å². The minimum Gasteiger partial charge on any atom is -0.447 e. The summed E-state index contributed by atoms with van der Waals surface area (Å²) < 4.78 is 29.6. The van der Waals surface area contributed by atoms with Crippen LogP contribution in [0.25, 0.3) is 0 Å². The zero-order valence-electron chi connectivity index (χ0n) is 26.3. The summed E-state index contributed by atoms with van der Waals surface area (Å²) in [4.78, 5) is 52.1. The summed E-state index contributed by atoms with van der Waals surface area (Å²) in [5.41, 5.74) is 0.501. The highest BCUT2D eigenvalue weighted by Gasteiger charge is 2.72. The van der Waals surface area contributed by atoms with Crippen LogP contribution in [0.3, 0.4) is 0 Å². The topological polar surface area (TPSA) is 152 Å². The molecule has 4 amide bonds. The largest absolute Gasteiger partial charge is 0.447 e. The molecule has 13 nitrogen and oxygen atoms in total. The highest BCUT2D eigenvalue weighted by molar-refractivity contribution is 5.92. The van der Waals surface area contributed by atoms with E-state index in [2.05, 4.69) is 37.5 Å². The van der Waals surface area contributed by atoms with Crippen molar-refractivity contribution >= 4 is 24.0 Å². The molecule has 4 unspecified atom stereocenters. The number of epoxide rings is 2. The number of likely N-dealkylation sites (N-methyl/N-ethyl adjacent to an activating group) is 1. The van der Waals surface area contributed by atoms with Gasteiger partial charge in [-0.15, -0.1) is 0 Å². The fraction of sp³-hybridized carbons (Fsp3) is 0.800. The number of hydrogen-bond donors (Lipinski definition) is 2. The first-order valence-corrected chi connectivity index (χ1v) is 15.2. The molecule has 3 heterocycles. The monoisotopic (exact) mass is 608 g/mol. The molecule has 1 saturated carbocycles. The minimum atomic E-state index is -0.870. The molecule has 1 spiro atoms. The third kappa shape index (κ3) is 8.25. The van der Waals surface area contributed by atoms with Crippen molar-refractivity contribution in [3.63, 3.8) is 0 Å². The Morgan fingerprint density at radius 2 is 1.91 bits per heavy atom. The molecule has 4 fully saturated rings. The second-order valence-electron chi connectivity index (χ2n) is 12.7. The number of carbonyl (C=O) groups is 4. The minimum absolute atomic E-state index is 0.0360. The van der Waals surface area contributed by atoms with Crippen molar-refractivity contribution < 1.29 is 42.9 Å². The lowest BCUT2D eigenvalue weighted by Crippen LogP contribution is -2.56. The first-order chi connectivity index (χ1) is 20.4. The average molecular weight is 609 g/mol. The molecule has 4 aliphatic rings. The van der Waals surface area contributed by atoms with E-state index in [1.165, 1.54) is 12.5 Å². The highest BCUT2D eigenvalue weighted by atomic mass is 16.6. The standard InChI is InChI=1S/C30H48N4O9/c1-19(2)9-10-23-29(4,43-23)26-25(39-6)22(11-12-30(26)18-41-30)42-28(38)34-14-7-8-21(34)17-40-27(37)32-24(36)16-33(5)15-13-31-20(3)35/h9,21-23,25-26H,7-8,10-18H2,1-6H3,(H,31,35)(H,32,36,37)/t21-,22?,23+,25?,26?,29?,30-/m0/s1. The van der Waals surface area contributed by atoms with Gasteiger partial charge in [-0.1, -0.05) is 11.6 Å². The predicted octanol–water partition coefficient (Wildman–Crippen LogP) is 1.98. The van der Waals surface area contributed by atoms with Crippen molar-refractivity contribution in [1.29, 1.82) is 0 Å². The molecule has 0 bridgehead atoms. The zero-order valence-corrected chi connectivity index (χ0v) is 26.3. The molecule has 2 N–H and O–H groups in total. The Kier molecular flexibility index (Phi) is 10.7. The molecule has 242 valence electrons. The van der Waals surface area contributed by atoms with Crippen molar-refractivity contribution in [2.45, 2.75) is 95.4 Å². The van der Waals surface area contributed by atoms with Crippen molar-refractivity contribution in [3.05, 3.63) is 11.6 Å². The van der Waals surface area contributed by atoms with Crippen LogP contribution in [0.2, 0.25) is 0 Å². The van der Waals surface area contributed by atoms with Crippen LogP contribution in [0.4, 0.5) is 9.59 Å². The number of likely N-dealkylation sites (tertiary alicyclic amines) is 1. The summed E-state index contributed by atoms with van der Waals surface area (Å²) in [6, 6.07) is -0.357. The lowest BCUT2D eigenvalue weighted by atomic mass is 9.68. The number of ether oxygens (including phenoxy) is 5. The van der Waals surface area contributed by atoms with Gasteiger partial charge >= 0.3 is 12.2 Å². The normalized spacial score (nSPS) is 32.7. The number of nitrogens with zero attached hydrogens (tertiary/aromatic N) is 2. The number of amides is 4. The number of imide groups is 1. The quantitative estimate of drug-likeness (QED) is 0.249. The summed E-state index contributed by atoms with van der Waals surface area (Å²) in [5, 5.41) is 4.85. The van der Waals surface area contributed by atoms with Crippen LogP contribution in [-0.2, 0) is 33.3 Å². The maximum absolute atomic E-state index is 13.4. The van der Waals surface area contributed by atoms with E-state index in [1.54, 1.807) is 24.0 Å². The fourth-order valence-corrected chi connectivity index (χ4v) is 6.63. The number of alkyl carbamates (subject to hydrolysis) is 1. The van der Waals surface area contributed by atoms with Crippen LogP contribution < -0.4 is 10.6 Å². The Hall–Kier alpha value is -2.74. The van der Waals surface area contributed by atoms with Crippen molar-refractivity contribution in [2.75, 3.05) is 53.6 Å². The molecule has 1 aliphatic carbocycles. The Bertz CT molecular complexity index is 1080. The van der Waals surface area contributed by atoms with Gasteiger partial charge in [0.15, 0.2) is 0 Å². The Morgan fingerprint density at radius 1 is 1.16 bits per heavy atom. The van der Waals surface area contributed by atoms with Crippen molar-refractivity contribution in [3.8, 4) is 0 Å². The third-order valence-corrected chi connectivity index (χ3v) is 9.03. The molecule has 0 aromatic carbocycles. The molecule has 43 heavy (non-hydrogen) atoms. The van der Waals surface area contributed by atoms with E-state index >= 15 is 0 Å². The van der Waals surface area contributed by atoms with Crippen LogP contribution in [-0.4, -0.2) is 123 Å². The van der Waals surface area contributed by atoms with E-state index in [1.807, 2.05) is 0 Å². The molecule has 0 aromatic rings. The summed E-state index contributed by atoms with van der Waals surface area (Å²) in [7, 11) is 3.35. The van der Waals surface area contributed by atoms with Gasteiger partial charge in [0, 0.05) is 33.7 Å². The number of rotatable bonds is 12. The lowest BCUT2D eigenvalue weighted by molar-refractivity contribution is -0.122. The van der Waals surface area contributed by atoms with Crippen LogP contribution in [0.5, 0.6) is 0 Å². The van der Waals surface area contributed by atoms with Gasteiger partial charge in [-0.3, -0.25) is 19.8 Å². The summed E-state index contributed by atoms with van der Waals surface area (Å²) >= 11 is 0. The predicted molar refractivity (Wildman–Crippen MR) is 155 cm³/mol.